The number of rotatable bonds is 4. The Hall–Kier alpha value is -1.17. The fraction of sp³-hybridized carbons (Fsp3) is 0.417. The van der Waals surface area contributed by atoms with Crippen LogP contribution in [0.3, 0.4) is 0 Å². The third kappa shape index (κ3) is 5.86. The Balaban J connectivity index is 2.52. The van der Waals surface area contributed by atoms with Gasteiger partial charge in [0.15, 0.2) is 0 Å². The SMILES string of the molecule is Cc1cc(C(=O)NCCSC(F)(F)F)sc1C#CCO. The lowest BCUT2D eigenvalue weighted by molar-refractivity contribution is -0.0327. The van der Waals surface area contributed by atoms with E-state index in [9.17, 15) is 18.0 Å². The number of aryl methyl sites for hydroxylation is 1. The Morgan fingerprint density at radius 3 is 2.85 bits per heavy atom. The number of aliphatic hydroxyl groups excluding tert-OH is 1. The first-order valence-electron chi connectivity index (χ1n) is 5.52. The number of hydrogen-bond donors (Lipinski definition) is 2. The summed E-state index contributed by atoms with van der Waals surface area (Å²) in [5, 5.41) is 11.0. The number of aliphatic hydroxyl groups is 1. The van der Waals surface area contributed by atoms with Gasteiger partial charge in [0.1, 0.15) is 6.61 Å². The average molecular weight is 323 g/mol. The first-order chi connectivity index (χ1) is 9.33. The third-order valence-corrected chi connectivity index (χ3v) is 3.96. The Morgan fingerprint density at radius 2 is 2.25 bits per heavy atom. The van der Waals surface area contributed by atoms with Crippen molar-refractivity contribution in [2.45, 2.75) is 12.4 Å². The van der Waals surface area contributed by atoms with Crippen molar-refractivity contribution in [1.29, 1.82) is 0 Å². The van der Waals surface area contributed by atoms with E-state index in [0.29, 0.717) is 9.75 Å². The van der Waals surface area contributed by atoms with Crippen LogP contribution in [0.25, 0.3) is 0 Å². The predicted octanol–water partition coefficient (Wildman–Crippen LogP) is 2.38. The fourth-order valence-corrected chi connectivity index (χ4v) is 2.66. The summed E-state index contributed by atoms with van der Waals surface area (Å²) in [5.74, 6) is 4.55. The lowest BCUT2D eigenvalue weighted by atomic mass is 10.2. The molecule has 1 aromatic rings. The van der Waals surface area contributed by atoms with Gasteiger partial charge in [0.2, 0.25) is 0 Å². The minimum atomic E-state index is -4.28. The molecule has 0 unspecified atom stereocenters. The standard InChI is InChI=1S/C12H12F3NO2S2/c1-8-7-10(20-9(8)3-2-5-17)11(18)16-4-6-19-12(13,14)15/h7,17H,4-6H2,1H3,(H,16,18). The zero-order valence-corrected chi connectivity index (χ0v) is 12.1. The summed E-state index contributed by atoms with van der Waals surface area (Å²) in [5.41, 5.74) is -3.48. The van der Waals surface area contributed by atoms with E-state index in [-0.39, 0.29) is 30.7 Å². The van der Waals surface area contributed by atoms with Crippen molar-refractivity contribution < 1.29 is 23.1 Å². The summed E-state index contributed by atoms with van der Waals surface area (Å²) >= 11 is 0.974. The van der Waals surface area contributed by atoms with Crippen LogP contribution in [0.5, 0.6) is 0 Å². The van der Waals surface area contributed by atoms with Crippen molar-refractivity contribution in [3.63, 3.8) is 0 Å². The van der Waals surface area contributed by atoms with Crippen LogP contribution >= 0.6 is 23.1 Å². The van der Waals surface area contributed by atoms with E-state index in [4.69, 9.17) is 5.11 Å². The van der Waals surface area contributed by atoms with E-state index in [1.165, 1.54) is 0 Å². The Bertz CT molecular complexity index is 529. The number of thioether (sulfide) groups is 1. The molecule has 0 aliphatic rings. The van der Waals surface area contributed by atoms with E-state index < -0.39 is 11.4 Å². The van der Waals surface area contributed by atoms with E-state index in [2.05, 4.69) is 17.2 Å². The Kier molecular flexibility index (Phi) is 6.39. The van der Waals surface area contributed by atoms with Gasteiger partial charge >= 0.3 is 5.51 Å². The molecule has 0 aromatic carbocycles. The van der Waals surface area contributed by atoms with Crippen molar-refractivity contribution in [2.24, 2.45) is 0 Å². The first-order valence-corrected chi connectivity index (χ1v) is 7.32. The molecule has 0 fully saturated rings. The van der Waals surface area contributed by atoms with Crippen LogP contribution in [-0.4, -0.2) is 35.4 Å². The summed E-state index contributed by atoms with van der Waals surface area (Å²) < 4.78 is 35.7. The lowest BCUT2D eigenvalue weighted by Crippen LogP contribution is -2.25. The summed E-state index contributed by atoms with van der Waals surface area (Å²) in [6.07, 6.45) is 0. The van der Waals surface area contributed by atoms with Crippen molar-refractivity contribution in [3.8, 4) is 11.8 Å². The molecule has 0 atom stereocenters. The zero-order chi connectivity index (χ0) is 15.2. The van der Waals surface area contributed by atoms with E-state index in [1.807, 2.05) is 0 Å². The Labute approximate surface area is 122 Å². The van der Waals surface area contributed by atoms with Gasteiger partial charge in [-0.05, 0) is 30.3 Å². The number of nitrogens with one attached hydrogen (secondary N) is 1. The lowest BCUT2D eigenvalue weighted by Gasteiger charge is -2.05. The molecule has 1 rings (SSSR count). The molecule has 1 heterocycles. The van der Waals surface area contributed by atoms with Crippen molar-refractivity contribution in [1.82, 2.24) is 5.32 Å². The van der Waals surface area contributed by atoms with Gasteiger partial charge in [0, 0.05) is 12.3 Å². The monoisotopic (exact) mass is 323 g/mol. The van der Waals surface area contributed by atoms with Gasteiger partial charge < -0.3 is 10.4 Å². The molecule has 3 nitrogen and oxygen atoms in total. The zero-order valence-electron chi connectivity index (χ0n) is 10.5. The molecule has 2 N–H and O–H groups in total. The number of alkyl halides is 3. The van der Waals surface area contributed by atoms with Crippen LogP contribution in [0.4, 0.5) is 13.2 Å². The quantitative estimate of drug-likeness (QED) is 0.661. The molecule has 0 aliphatic heterocycles. The van der Waals surface area contributed by atoms with Crippen LogP contribution in [0.1, 0.15) is 20.1 Å². The summed E-state index contributed by atoms with van der Waals surface area (Å²) in [6.45, 7) is 1.44. The second-order valence-electron chi connectivity index (χ2n) is 3.63. The maximum absolute atomic E-state index is 11.9. The molecular formula is C12H12F3NO2S2. The molecule has 110 valence electrons. The van der Waals surface area contributed by atoms with Crippen molar-refractivity contribution in [2.75, 3.05) is 18.9 Å². The predicted molar refractivity (Wildman–Crippen MR) is 73.9 cm³/mol. The molecular weight excluding hydrogens is 311 g/mol. The van der Waals surface area contributed by atoms with Crippen molar-refractivity contribution in [3.05, 3.63) is 21.4 Å². The molecule has 0 bridgehead atoms. The largest absolute Gasteiger partial charge is 0.441 e. The normalized spacial score (nSPS) is 10.8. The second-order valence-corrected chi connectivity index (χ2v) is 5.84. The number of halogens is 3. The minimum absolute atomic E-state index is 0.0579. The van der Waals surface area contributed by atoms with E-state index >= 15 is 0 Å². The smallest absolute Gasteiger partial charge is 0.384 e. The molecule has 20 heavy (non-hydrogen) atoms. The fourth-order valence-electron chi connectivity index (χ4n) is 1.26. The van der Waals surface area contributed by atoms with E-state index in [1.54, 1.807) is 13.0 Å². The number of thiophene rings is 1. The van der Waals surface area contributed by atoms with Gasteiger partial charge in [-0.1, -0.05) is 11.8 Å². The van der Waals surface area contributed by atoms with Gasteiger partial charge in [0.05, 0.1) is 9.75 Å². The maximum Gasteiger partial charge on any atom is 0.441 e. The topological polar surface area (TPSA) is 49.3 Å². The summed E-state index contributed by atoms with van der Waals surface area (Å²) in [4.78, 5) is 12.8. The third-order valence-electron chi connectivity index (χ3n) is 2.08. The first kappa shape index (κ1) is 16.9. The Morgan fingerprint density at radius 1 is 1.55 bits per heavy atom. The highest BCUT2D eigenvalue weighted by Gasteiger charge is 2.27. The number of hydrogen-bond acceptors (Lipinski definition) is 4. The minimum Gasteiger partial charge on any atom is -0.384 e. The van der Waals surface area contributed by atoms with Crippen LogP contribution < -0.4 is 5.32 Å². The average Bonchev–Trinajstić information content (AvgIpc) is 2.72. The van der Waals surface area contributed by atoms with E-state index in [0.717, 1.165) is 16.9 Å². The number of carbonyl (C=O) groups is 1. The van der Waals surface area contributed by atoms with Gasteiger partial charge in [0.25, 0.3) is 5.91 Å². The molecule has 0 aliphatic carbocycles. The molecule has 0 saturated heterocycles. The van der Waals surface area contributed by atoms with Crippen molar-refractivity contribution >= 4 is 29.0 Å². The van der Waals surface area contributed by atoms with Crippen LogP contribution in [0.15, 0.2) is 6.07 Å². The molecule has 0 radical (unpaired) electrons. The van der Waals surface area contributed by atoms with Crippen LogP contribution in [-0.2, 0) is 0 Å². The highest BCUT2D eigenvalue weighted by Crippen LogP contribution is 2.29. The summed E-state index contributed by atoms with van der Waals surface area (Å²) in [6, 6.07) is 1.62. The second kappa shape index (κ2) is 7.57. The van der Waals surface area contributed by atoms with Gasteiger partial charge in [-0.25, -0.2) is 0 Å². The summed E-state index contributed by atoms with van der Waals surface area (Å²) in [7, 11) is 0. The molecule has 1 aromatic heterocycles. The van der Waals surface area contributed by atoms with Gasteiger partial charge in [-0.3, -0.25) is 4.79 Å². The molecule has 1 amide bonds. The van der Waals surface area contributed by atoms with Gasteiger partial charge in [-0.2, -0.15) is 13.2 Å². The highest BCUT2D eigenvalue weighted by molar-refractivity contribution is 8.00. The molecule has 8 heteroatoms. The van der Waals surface area contributed by atoms with Crippen LogP contribution in [0.2, 0.25) is 0 Å². The maximum atomic E-state index is 11.9. The molecule has 0 saturated carbocycles. The highest BCUT2D eigenvalue weighted by atomic mass is 32.2. The van der Waals surface area contributed by atoms with Gasteiger partial charge in [-0.15, -0.1) is 11.3 Å². The number of amides is 1. The number of carbonyl (C=O) groups excluding carboxylic acids is 1. The molecule has 0 spiro atoms. The van der Waals surface area contributed by atoms with Crippen LogP contribution in [0, 0.1) is 18.8 Å².